The van der Waals surface area contributed by atoms with Gasteiger partial charge in [0.05, 0.1) is 4.92 Å². The zero-order chi connectivity index (χ0) is 11.8. The van der Waals surface area contributed by atoms with E-state index in [2.05, 4.69) is 15.9 Å². The summed E-state index contributed by atoms with van der Waals surface area (Å²) in [6, 6.07) is 4.99. The maximum atomic E-state index is 10.6. The lowest BCUT2D eigenvalue weighted by atomic mass is 9.92. The number of nitro benzene ring substituents is 1. The van der Waals surface area contributed by atoms with Gasteiger partial charge >= 0.3 is 0 Å². The van der Waals surface area contributed by atoms with Gasteiger partial charge < -0.3 is 5.73 Å². The minimum Gasteiger partial charge on any atom is -0.330 e. The van der Waals surface area contributed by atoms with E-state index in [9.17, 15) is 10.1 Å². The van der Waals surface area contributed by atoms with E-state index >= 15 is 0 Å². The Bertz CT molecular complexity index is 430. The van der Waals surface area contributed by atoms with Gasteiger partial charge in [0, 0.05) is 16.6 Å². The third kappa shape index (κ3) is 1.97. The second-order valence-corrected chi connectivity index (χ2v) is 5.09. The lowest BCUT2D eigenvalue weighted by Gasteiger charge is -2.15. The molecule has 16 heavy (non-hydrogen) atoms. The first-order valence-corrected chi connectivity index (χ1v) is 6.03. The largest absolute Gasteiger partial charge is 0.330 e. The Kier molecular flexibility index (Phi) is 2.99. The third-order valence-corrected chi connectivity index (χ3v) is 3.87. The lowest BCUT2D eigenvalue weighted by Crippen LogP contribution is -2.14. The Hall–Kier alpha value is -0.940. The van der Waals surface area contributed by atoms with Crippen LogP contribution in [0.3, 0.4) is 0 Å². The number of hydrogen-bond donors (Lipinski definition) is 1. The molecule has 0 aliphatic heterocycles. The molecule has 2 rings (SSSR count). The summed E-state index contributed by atoms with van der Waals surface area (Å²) in [5.74, 6) is 0. The zero-order valence-electron chi connectivity index (χ0n) is 8.78. The van der Waals surface area contributed by atoms with Crippen LogP contribution in [0.4, 0.5) is 5.69 Å². The Labute approximate surface area is 102 Å². The quantitative estimate of drug-likeness (QED) is 0.683. The first-order chi connectivity index (χ1) is 7.59. The fraction of sp³-hybridized carbons (Fsp3) is 0.455. The van der Waals surface area contributed by atoms with Crippen molar-refractivity contribution in [2.75, 3.05) is 6.54 Å². The van der Waals surface area contributed by atoms with Crippen molar-refractivity contribution in [3.8, 4) is 0 Å². The van der Waals surface area contributed by atoms with Gasteiger partial charge in [0.1, 0.15) is 0 Å². The molecular weight excluding hydrogens is 272 g/mol. The molecule has 1 aliphatic rings. The molecule has 1 fully saturated rings. The van der Waals surface area contributed by atoms with Gasteiger partial charge in [-0.25, -0.2) is 0 Å². The molecule has 1 saturated carbocycles. The molecule has 0 aromatic heterocycles. The number of halogens is 1. The van der Waals surface area contributed by atoms with Crippen LogP contribution in [0.25, 0.3) is 0 Å². The predicted octanol–water partition coefficient (Wildman–Crippen LogP) is 2.74. The van der Waals surface area contributed by atoms with E-state index < -0.39 is 0 Å². The Morgan fingerprint density at radius 1 is 1.50 bits per heavy atom. The second-order valence-electron chi connectivity index (χ2n) is 4.24. The van der Waals surface area contributed by atoms with Crippen molar-refractivity contribution < 1.29 is 4.92 Å². The van der Waals surface area contributed by atoms with Crippen LogP contribution in [-0.2, 0) is 5.41 Å². The molecule has 4 nitrogen and oxygen atoms in total. The summed E-state index contributed by atoms with van der Waals surface area (Å²) < 4.78 is 0.827. The van der Waals surface area contributed by atoms with Gasteiger partial charge in [0.15, 0.2) is 0 Å². The summed E-state index contributed by atoms with van der Waals surface area (Å²) in [5.41, 5.74) is 7.05. The topological polar surface area (TPSA) is 69.2 Å². The van der Waals surface area contributed by atoms with Crippen molar-refractivity contribution >= 4 is 21.6 Å². The van der Waals surface area contributed by atoms with Gasteiger partial charge in [-0.15, -0.1) is 0 Å². The maximum Gasteiger partial charge on any atom is 0.270 e. The molecule has 1 aromatic carbocycles. The molecule has 0 spiro atoms. The van der Waals surface area contributed by atoms with Crippen LogP contribution in [0.5, 0.6) is 0 Å². The van der Waals surface area contributed by atoms with Crippen molar-refractivity contribution in [3.05, 3.63) is 38.3 Å². The number of rotatable bonds is 4. The summed E-state index contributed by atoms with van der Waals surface area (Å²) in [4.78, 5) is 10.2. The highest BCUT2D eigenvalue weighted by Gasteiger charge is 2.44. The van der Waals surface area contributed by atoms with Crippen molar-refractivity contribution in [3.63, 3.8) is 0 Å². The minimum atomic E-state index is -0.378. The van der Waals surface area contributed by atoms with E-state index in [1.54, 1.807) is 12.1 Å². The van der Waals surface area contributed by atoms with Crippen LogP contribution in [0.15, 0.2) is 22.7 Å². The molecule has 1 aliphatic carbocycles. The summed E-state index contributed by atoms with van der Waals surface area (Å²) in [6.07, 6.45) is 3.20. The van der Waals surface area contributed by atoms with Gasteiger partial charge in [-0.1, -0.05) is 22.0 Å². The molecule has 5 heteroatoms. The van der Waals surface area contributed by atoms with Crippen molar-refractivity contribution in [2.24, 2.45) is 5.73 Å². The highest BCUT2D eigenvalue weighted by molar-refractivity contribution is 9.10. The zero-order valence-corrected chi connectivity index (χ0v) is 10.4. The van der Waals surface area contributed by atoms with E-state index in [1.807, 2.05) is 6.07 Å². The Morgan fingerprint density at radius 3 is 2.62 bits per heavy atom. The molecule has 86 valence electrons. The van der Waals surface area contributed by atoms with Crippen LogP contribution >= 0.6 is 15.9 Å². The molecule has 0 radical (unpaired) electrons. The Balaban J connectivity index is 2.33. The van der Waals surface area contributed by atoms with Gasteiger partial charge in [0.2, 0.25) is 0 Å². The molecule has 0 unspecified atom stereocenters. The van der Waals surface area contributed by atoms with E-state index in [4.69, 9.17) is 5.73 Å². The molecule has 2 N–H and O–H groups in total. The molecule has 0 bridgehead atoms. The van der Waals surface area contributed by atoms with Crippen LogP contribution in [0.1, 0.15) is 24.8 Å². The molecule has 0 amide bonds. The molecule has 0 heterocycles. The average Bonchev–Trinajstić information content (AvgIpc) is 2.99. The SMILES string of the molecule is NCCC1(c2ccc([N+](=O)[O-])cc2Br)CC1. The van der Waals surface area contributed by atoms with Crippen LogP contribution in [0.2, 0.25) is 0 Å². The number of hydrogen-bond acceptors (Lipinski definition) is 3. The second kappa shape index (κ2) is 4.14. The monoisotopic (exact) mass is 284 g/mol. The predicted molar refractivity (Wildman–Crippen MR) is 65.4 cm³/mol. The first kappa shape index (κ1) is 11.5. The van der Waals surface area contributed by atoms with Crippen molar-refractivity contribution in [1.82, 2.24) is 0 Å². The van der Waals surface area contributed by atoms with Crippen LogP contribution in [0, 0.1) is 10.1 Å². The van der Waals surface area contributed by atoms with Gasteiger partial charge in [-0.3, -0.25) is 10.1 Å². The first-order valence-electron chi connectivity index (χ1n) is 5.23. The van der Waals surface area contributed by atoms with Gasteiger partial charge in [-0.2, -0.15) is 0 Å². The fourth-order valence-electron chi connectivity index (χ4n) is 2.13. The molecule has 0 atom stereocenters. The number of nitrogens with zero attached hydrogens (tertiary/aromatic N) is 1. The summed E-state index contributed by atoms with van der Waals surface area (Å²) >= 11 is 3.42. The number of non-ortho nitro benzene ring substituents is 1. The smallest absolute Gasteiger partial charge is 0.270 e. The summed E-state index contributed by atoms with van der Waals surface area (Å²) in [7, 11) is 0. The summed E-state index contributed by atoms with van der Waals surface area (Å²) in [6.45, 7) is 0.656. The highest BCUT2D eigenvalue weighted by Crippen LogP contribution is 2.53. The van der Waals surface area contributed by atoms with E-state index in [0.717, 1.165) is 29.3 Å². The van der Waals surface area contributed by atoms with E-state index in [-0.39, 0.29) is 16.0 Å². The summed E-state index contributed by atoms with van der Waals surface area (Å²) in [5, 5.41) is 10.6. The standard InChI is InChI=1S/C11H13BrN2O2/c12-10-7-8(14(15)16)1-2-9(10)11(3-4-11)5-6-13/h1-2,7H,3-6,13H2. The van der Waals surface area contributed by atoms with Crippen molar-refractivity contribution in [1.29, 1.82) is 0 Å². The van der Waals surface area contributed by atoms with Gasteiger partial charge in [-0.05, 0) is 36.8 Å². The van der Waals surface area contributed by atoms with Crippen molar-refractivity contribution in [2.45, 2.75) is 24.7 Å². The number of nitro groups is 1. The van der Waals surface area contributed by atoms with Crippen LogP contribution in [-0.4, -0.2) is 11.5 Å². The molecule has 0 saturated heterocycles. The highest BCUT2D eigenvalue weighted by atomic mass is 79.9. The third-order valence-electron chi connectivity index (χ3n) is 3.21. The molecule has 1 aromatic rings. The maximum absolute atomic E-state index is 10.6. The van der Waals surface area contributed by atoms with E-state index in [1.165, 1.54) is 0 Å². The normalized spacial score (nSPS) is 17.1. The molecular formula is C11H13BrN2O2. The van der Waals surface area contributed by atoms with E-state index in [0.29, 0.717) is 6.54 Å². The minimum absolute atomic E-state index is 0.124. The lowest BCUT2D eigenvalue weighted by molar-refractivity contribution is -0.384. The van der Waals surface area contributed by atoms with Crippen LogP contribution < -0.4 is 5.73 Å². The Morgan fingerprint density at radius 2 is 2.19 bits per heavy atom. The number of benzene rings is 1. The van der Waals surface area contributed by atoms with Gasteiger partial charge in [0.25, 0.3) is 5.69 Å². The fourth-order valence-corrected chi connectivity index (χ4v) is 2.92. The number of nitrogens with two attached hydrogens (primary N) is 1. The average molecular weight is 285 g/mol.